The highest BCUT2D eigenvalue weighted by Gasteiger charge is 2.31. The van der Waals surface area contributed by atoms with Gasteiger partial charge >= 0.3 is 5.97 Å². The Hall–Kier alpha value is -1.62. The van der Waals surface area contributed by atoms with Crippen molar-refractivity contribution < 1.29 is 14.6 Å². The van der Waals surface area contributed by atoms with E-state index in [4.69, 9.17) is 9.72 Å². The van der Waals surface area contributed by atoms with Crippen LogP contribution in [0.5, 0.6) is 0 Å². The molecule has 1 aliphatic rings. The summed E-state index contributed by atoms with van der Waals surface area (Å²) in [4.78, 5) is 18.3. The number of aromatic carboxylic acids is 1. The average molecular weight is 292 g/mol. The second-order valence-corrected chi connectivity index (χ2v) is 6.57. The SMILES string of the molecule is COCCN(c1cc(C(=O)O)cc(C(C)(C)C)n1)C1CC1. The van der Waals surface area contributed by atoms with Crippen molar-refractivity contribution in [2.45, 2.75) is 45.1 Å². The van der Waals surface area contributed by atoms with Gasteiger partial charge in [-0.3, -0.25) is 0 Å². The van der Waals surface area contributed by atoms with Crippen molar-refractivity contribution >= 4 is 11.8 Å². The Morgan fingerprint density at radius 1 is 1.43 bits per heavy atom. The number of carboxylic acids is 1. The number of hydrogen-bond acceptors (Lipinski definition) is 4. The molecule has 21 heavy (non-hydrogen) atoms. The number of hydrogen-bond donors (Lipinski definition) is 1. The Morgan fingerprint density at radius 3 is 2.57 bits per heavy atom. The van der Waals surface area contributed by atoms with Crippen LogP contribution in [-0.2, 0) is 10.2 Å². The molecule has 1 aliphatic carbocycles. The highest BCUT2D eigenvalue weighted by Crippen LogP contribution is 2.32. The zero-order chi connectivity index (χ0) is 15.6. The number of carbonyl (C=O) groups is 1. The van der Waals surface area contributed by atoms with E-state index in [1.165, 1.54) is 0 Å². The number of methoxy groups -OCH3 is 1. The van der Waals surface area contributed by atoms with Gasteiger partial charge in [-0.2, -0.15) is 0 Å². The first kappa shape index (κ1) is 15.8. The number of pyridine rings is 1. The van der Waals surface area contributed by atoms with E-state index in [1.807, 2.05) is 20.8 Å². The summed E-state index contributed by atoms with van der Waals surface area (Å²) in [5.41, 5.74) is 0.921. The van der Waals surface area contributed by atoms with Crippen LogP contribution in [0.2, 0.25) is 0 Å². The lowest BCUT2D eigenvalue weighted by Crippen LogP contribution is -2.31. The maximum Gasteiger partial charge on any atom is 0.335 e. The summed E-state index contributed by atoms with van der Waals surface area (Å²) >= 11 is 0. The van der Waals surface area contributed by atoms with E-state index in [0.29, 0.717) is 18.2 Å². The van der Waals surface area contributed by atoms with E-state index >= 15 is 0 Å². The van der Waals surface area contributed by atoms with Crippen molar-refractivity contribution in [2.24, 2.45) is 0 Å². The molecule has 1 saturated carbocycles. The van der Waals surface area contributed by atoms with E-state index in [0.717, 1.165) is 30.9 Å². The highest BCUT2D eigenvalue weighted by molar-refractivity contribution is 5.88. The van der Waals surface area contributed by atoms with Crippen molar-refractivity contribution in [1.82, 2.24) is 4.98 Å². The van der Waals surface area contributed by atoms with Crippen molar-refractivity contribution in [2.75, 3.05) is 25.2 Å². The molecule has 5 nitrogen and oxygen atoms in total. The van der Waals surface area contributed by atoms with Crippen LogP contribution in [0.15, 0.2) is 12.1 Å². The van der Waals surface area contributed by atoms with Crippen LogP contribution >= 0.6 is 0 Å². The maximum atomic E-state index is 11.4. The molecular formula is C16H24N2O3. The second kappa shape index (κ2) is 6.02. The summed E-state index contributed by atoms with van der Waals surface area (Å²) in [7, 11) is 1.67. The zero-order valence-electron chi connectivity index (χ0n) is 13.2. The van der Waals surface area contributed by atoms with E-state index < -0.39 is 5.97 Å². The summed E-state index contributed by atoms with van der Waals surface area (Å²) in [6.45, 7) is 7.48. The molecule has 0 spiro atoms. The summed E-state index contributed by atoms with van der Waals surface area (Å²) < 4.78 is 5.16. The summed E-state index contributed by atoms with van der Waals surface area (Å²) in [6, 6.07) is 3.81. The molecule has 0 radical (unpaired) electrons. The summed E-state index contributed by atoms with van der Waals surface area (Å²) in [6.07, 6.45) is 2.26. The van der Waals surface area contributed by atoms with Gasteiger partial charge in [0.15, 0.2) is 0 Å². The Morgan fingerprint density at radius 2 is 2.10 bits per heavy atom. The molecule has 0 unspecified atom stereocenters. The van der Waals surface area contributed by atoms with Crippen molar-refractivity contribution in [3.8, 4) is 0 Å². The molecule has 0 atom stereocenters. The monoisotopic (exact) mass is 292 g/mol. The summed E-state index contributed by atoms with van der Waals surface area (Å²) in [5, 5.41) is 9.34. The Kier molecular flexibility index (Phi) is 4.52. The summed E-state index contributed by atoms with van der Waals surface area (Å²) in [5.74, 6) is -0.161. The smallest absolute Gasteiger partial charge is 0.335 e. The Balaban J connectivity index is 2.40. The van der Waals surface area contributed by atoms with Gasteiger partial charge in [0, 0.05) is 30.8 Å². The number of rotatable bonds is 6. The van der Waals surface area contributed by atoms with Crippen LogP contribution in [0, 0.1) is 0 Å². The molecule has 0 aliphatic heterocycles. The third-order valence-electron chi connectivity index (χ3n) is 3.65. The third-order valence-corrected chi connectivity index (χ3v) is 3.65. The van der Waals surface area contributed by atoms with Crippen LogP contribution in [0.1, 0.15) is 49.7 Å². The largest absolute Gasteiger partial charge is 0.478 e. The van der Waals surface area contributed by atoms with Gasteiger partial charge < -0.3 is 14.7 Å². The number of aromatic nitrogens is 1. The third kappa shape index (κ3) is 3.94. The van der Waals surface area contributed by atoms with Gasteiger partial charge in [-0.05, 0) is 25.0 Å². The molecule has 5 heteroatoms. The van der Waals surface area contributed by atoms with Gasteiger partial charge in [-0.1, -0.05) is 20.8 Å². The lowest BCUT2D eigenvalue weighted by atomic mass is 9.90. The molecule has 2 rings (SSSR count). The van der Waals surface area contributed by atoms with Crippen LogP contribution in [-0.4, -0.2) is 42.4 Å². The molecule has 116 valence electrons. The standard InChI is InChI=1S/C16H24N2O3/c1-16(2,3)13-9-11(15(19)20)10-14(17-13)18(7-8-21-4)12-5-6-12/h9-10,12H,5-8H2,1-4H3,(H,19,20). The van der Waals surface area contributed by atoms with Crippen LogP contribution in [0.3, 0.4) is 0 Å². The topological polar surface area (TPSA) is 62.7 Å². The molecule has 1 N–H and O–H groups in total. The fourth-order valence-electron chi connectivity index (χ4n) is 2.23. The average Bonchev–Trinajstić information content (AvgIpc) is 3.22. The lowest BCUT2D eigenvalue weighted by Gasteiger charge is -2.26. The maximum absolute atomic E-state index is 11.4. The lowest BCUT2D eigenvalue weighted by molar-refractivity contribution is 0.0696. The van der Waals surface area contributed by atoms with E-state index in [-0.39, 0.29) is 5.41 Å². The van der Waals surface area contributed by atoms with Crippen molar-refractivity contribution in [1.29, 1.82) is 0 Å². The van der Waals surface area contributed by atoms with Gasteiger partial charge in [-0.15, -0.1) is 0 Å². The van der Waals surface area contributed by atoms with Crippen molar-refractivity contribution in [3.05, 3.63) is 23.4 Å². The highest BCUT2D eigenvalue weighted by atomic mass is 16.5. The Labute approximate surface area is 125 Å². The quantitative estimate of drug-likeness (QED) is 0.873. The zero-order valence-corrected chi connectivity index (χ0v) is 13.2. The van der Waals surface area contributed by atoms with Crippen LogP contribution in [0.4, 0.5) is 5.82 Å². The molecule has 0 amide bonds. The van der Waals surface area contributed by atoms with Gasteiger partial charge in [0.2, 0.25) is 0 Å². The minimum absolute atomic E-state index is 0.184. The fraction of sp³-hybridized carbons (Fsp3) is 0.625. The molecular weight excluding hydrogens is 268 g/mol. The normalized spacial score (nSPS) is 15.0. The minimum atomic E-state index is -0.911. The molecule has 1 fully saturated rings. The minimum Gasteiger partial charge on any atom is -0.478 e. The first-order chi connectivity index (χ1) is 9.82. The fourth-order valence-corrected chi connectivity index (χ4v) is 2.23. The number of ether oxygens (including phenoxy) is 1. The molecule has 0 saturated heterocycles. The van der Waals surface area contributed by atoms with E-state index in [9.17, 15) is 9.90 Å². The second-order valence-electron chi connectivity index (χ2n) is 6.57. The van der Waals surface area contributed by atoms with Gasteiger partial charge in [0.05, 0.1) is 12.2 Å². The number of nitrogens with zero attached hydrogens (tertiary/aromatic N) is 2. The predicted molar refractivity (Wildman–Crippen MR) is 82.1 cm³/mol. The number of carboxylic acid groups (broad SMARTS) is 1. The molecule has 0 aromatic carbocycles. The molecule has 1 aromatic rings. The van der Waals surface area contributed by atoms with Gasteiger partial charge in [-0.25, -0.2) is 9.78 Å². The molecule has 1 aromatic heterocycles. The van der Waals surface area contributed by atoms with Crippen LogP contribution in [0.25, 0.3) is 0 Å². The van der Waals surface area contributed by atoms with Crippen molar-refractivity contribution in [3.63, 3.8) is 0 Å². The van der Waals surface area contributed by atoms with Gasteiger partial charge in [0.1, 0.15) is 5.82 Å². The van der Waals surface area contributed by atoms with Gasteiger partial charge in [0.25, 0.3) is 0 Å². The first-order valence-electron chi connectivity index (χ1n) is 7.34. The molecule has 1 heterocycles. The molecule has 0 bridgehead atoms. The van der Waals surface area contributed by atoms with E-state index in [1.54, 1.807) is 19.2 Å². The number of anilines is 1. The van der Waals surface area contributed by atoms with Crippen LogP contribution < -0.4 is 4.90 Å². The Bertz CT molecular complexity index is 519. The first-order valence-corrected chi connectivity index (χ1v) is 7.34. The van der Waals surface area contributed by atoms with E-state index in [2.05, 4.69) is 4.90 Å². The predicted octanol–water partition coefficient (Wildman–Crippen LogP) is 2.69.